The molecule has 1 aliphatic heterocycles. The van der Waals surface area contributed by atoms with Gasteiger partial charge in [0.15, 0.2) is 0 Å². The second-order valence-electron chi connectivity index (χ2n) is 7.72. The zero-order chi connectivity index (χ0) is 20.1. The highest BCUT2D eigenvalue weighted by atomic mass is 16.5. The molecule has 6 heteroatoms. The molecular weight excluding hydrogens is 364 g/mol. The summed E-state index contributed by atoms with van der Waals surface area (Å²) >= 11 is 0. The van der Waals surface area contributed by atoms with Crippen molar-refractivity contribution in [1.82, 2.24) is 20.2 Å². The Morgan fingerprint density at radius 1 is 1.17 bits per heavy atom. The Balaban J connectivity index is 1.42. The Bertz CT molecular complexity index is 916. The number of aromatic nitrogens is 2. The summed E-state index contributed by atoms with van der Waals surface area (Å²) in [6, 6.07) is 11.9. The van der Waals surface area contributed by atoms with Crippen molar-refractivity contribution in [1.29, 1.82) is 0 Å². The first-order valence-electron chi connectivity index (χ1n) is 10.4. The summed E-state index contributed by atoms with van der Waals surface area (Å²) in [6.45, 7) is 4.52. The molecule has 29 heavy (non-hydrogen) atoms. The van der Waals surface area contributed by atoms with Gasteiger partial charge >= 0.3 is 0 Å². The maximum Gasteiger partial charge on any atom is 0.137 e. The molecule has 1 aromatic carbocycles. The number of fused-ring (bicyclic) bond motifs is 1. The molecule has 0 saturated carbocycles. The minimum atomic E-state index is 0.525. The maximum atomic E-state index is 5.90. The van der Waals surface area contributed by atoms with Crippen LogP contribution in [-0.4, -0.2) is 55.3 Å². The third kappa shape index (κ3) is 4.71. The van der Waals surface area contributed by atoms with E-state index in [-0.39, 0.29) is 0 Å². The van der Waals surface area contributed by atoms with Crippen LogP contribution in [0.4, 0.5) is 0 Å². The molecule has 0 amide bonds. The monoisotopic (exact) mass is 394 g/mol. The molecule has 1 atom stereocenters. The van der Waals surface area contributed by atoms with E-state index in [4.69, 9.17) is 9.47 Å². The summed E-state index contributed by atoms with van der Waals surface area (Å²) in [5.74, 6) is 2.23. The summed E-state index contributed by atoms with van der Waals surface area (Å²) in [4.78, 5) is 10.5. The van der Waals surface area contributed by atoms with Crippen molar-refractivity contribution >= 4 is 11.0 Å². The molecule has 0 unspecified atom stereocenters. The minimum absolute atomic E-state index is 0.525. The quantitative estimate of drug-likeness (QED) is 0.612. The summed E-state index contributed by atoms with van der Waals surface area (Å²) in [6.07, 6.45) is 4.30. The normalized spacial score (nSPS) is 17.0. The van der Waals surface area contributed by atoms with Gasteiger partial charge in [-0.3, -0.25) is 4.90 Å². The molecule has 4 rings (SSSR count). The van der Waals surface area contributed by atoms with Gasteiger partial charge in [0, 0.05) is 42.8 Å². The Morgan fingerprint density at radius 2 is 2.00 bits per heavy atom. The van der Waals surface area contributed by atoms with E-state index in [1.807, 2.05) is 36.5 Å². The summed E-state index contributed by atoms with van der Waals surface area (Å²) in [7, 11) is 3.82. The molecule has 3 aromatic rings. The second-order valence-corrected chi connectivity index (χ2v) is 7.72. The van der Waals surface area contributed by atoms with Crippen molar-refractivity contribution in [2.75, 3.05) is 40.4 Å². The molecule has 2 N–H and O–H groups in total. The third-order valence-electron chi connectivity index (χ3n) is 5.65. The first kappa shape index (κ1) is 19.7. The van der Waals surface area contributed by atoms with E-state index in [0.29, 0.717) is 12.5 Å². The zero-order valence-corrected chi connectivity index (χ0v) is 17.3. The number of hydrogen-bond acceptors (Lipinski definition) is 5. The number of likely N-dealkylation sites (N-methyl/N-ethyl adjacent to an activating group) is 1. The fraction of sp³-hybridized carbons (Fsp3) is 0.435. The molecule has 2 aromatic heterocycles. The molecule has 1 saturated heterocycles. The van der Waals surface area contributed by atoms with Crippen LogP contribution in [0.25, 0.3) is 11.0 Å². The molecule has 6 nitrogen and oxygen atoms in total. The Labute approximate surface area is 172 Å². The first-order valence-corrected chi connectivity index (χ1v) is 10.4. The highest BCUT2D eigenvalue weighted by Crippen LogP contribution is 2.31. The predicted octanol–water partition coefficient (Wildman–Crippen LogP) is 3.55. The number of piperidine rings is 1. The van der Waals surface area contributed by atoms with Gasteiger partial charge in [-0.2, -0.15) is 0 Å². The molecule has 3 heterocycles. The molecule has 154 valence electrons. The predicted molar refractivity (Wildman–Crippen MR) is 116 cm³/mol. The number of rotatable bonds is 8. The lowest BCUT2D eigenvalue weighted by Crippen LogP contribution is -2.30. The number of hydrogen-bond donors (Lipinski definition) is 2. The van der Waals surface area contributed by atoms with E-state index in [9.17, 15) is 0 Å². The van der Waals surface area contributed by atoms with E-state index in [1.54, 1.807) is 7.11 Å². The number of nitrogens with one attached hydrogen (secondary N) is 2. The van der Waals surface area contributed by atoms with E-state index in [2.05, 4.69) is 33.3 Å². The van der Waals surface area contributed by atoms with Crippen molar-refractivity contribution in [3.63, 3.8) is 0 Å². The van der Waals surface area contributed by atoms with Gasteiger partial charge in [0.1, 0.15) is 23.8 Å². The fourth-order valence-electron chi connectivity index (χ4n) is 4.05. The van der Waals surface area contributed by atoms with Gasteiger partial charge in [-0.15, -0.1) is 0 Å². The van der Waals surface area contributed by atoms with Crippen molar-refractivity contribution in [3.05, 3.63) is 53.9 Å². The smallest absolute Gasteiger partial charge is 0.137 e. The van der Waals surface area contributed by atoms with Gasteiger partial charge in [-0.05, 0) is 68.4 Å². The van der Waals surface area contributed by atoms with E-state index in [0.717, 1.165) is 43.3 Å². The van der Waals surface area contributed by atoms with Crippen LogP contribution < -0.4 is 14.8 Å². The summed E-state index contributed by atoms with van der Waals surface area (Å²) in [5.41, 5.74) is 3.70. The van der Waals surface area contributed by atoms with E-state index in [1.165, 1.54) is 29.5 Å². The lowest BCUT2D eigenvalue weighted by Gasteiger charge is -2.24. The zero-order valence-electron chi connectivity index (χ0n) is 17.3. The number of H-pyrrole nitrogens is 1. The van der Waals surface area contributed by atoms with E-state index < -0.39 is 0 Å². The van der Waals surface area contributed by atoms with Gasteiger partial charge in [-0.25, -0.2) is 4.98 Å². The maximum absolute atomic E-state index is 5.90. The van der Waals surface area contributed by atoms with Gasteiger partial charge in [-0.1, -0.05) is 0 Å². The molecular formula is C23H30N4O2. The summed E-state index contributed by atoms with van der Waals surface area (Å²) in [5, 5.41) is 4.77. The van der Waals surface area contributed by atoms with Crippen LogP contribution >= 0.6 is 0 Å². The van der Waals surface area contributed by atoms with Crippen LogP contribution in [-0.2, 0) is 6.54 Å². The van der Waals surface area contributed by atoms with Crippen LogP contribution in [0.3, 0.4) is 0 Å². The van der Waals surface area contributed by atoms with Crippen LogP contribution in [0, 0.1) is 0 Å². The largest absolute Gasteiger partial charge is 0.497 e. The standard InChI is InChI=1S/C23H30N4O2/c1-27(13-14-29-19-9-7-18(28-2)8-10-19)16-21-20-6-4-12-25-23(20)26-22(21)17-5-3-11-24-15-17/h4,6-10,12,17,24H,3,5,11,13-16H2,1-2H3,(H,25,26)/t17-/m1/s1. The van der Waals surface area contributed by atoms with Gasteiger partial charge in [0.2, 0.25) is 0 Å². The SMILES string of the molecule is COc1ccc(OCCN(C)Cc2c([C@@H]3CCCNC3)[nH]c3ncccc23)cc1. The van der Waals surface area contributed by atoms with Crippen LogP contribution in [0.1, 0.15) is 30.0 Å². The molecule has 1 fully saturated rings. The van der Waals surface area contributed by atoms with Crippen LogP contribution in [0.15, 0.2) is 42.6 Å². The number of aromatic amines is 1. The average Bonchev–Trinajstić information content (AvgIpc) is 3.13. The van der Waals surface area contributed by atoms with Crippen molar-refractivity contribution in [2.45, 2.75) is 25.3 Å². The van der Waals surface area contributed by atoms with E-state index >= 15 is 0 Å². The average molecular weight is 395 g/mol. The summed E-state index contributed by atoms with van der Waals surface area (Å²) < 4.78 is 11.1. The second kappa shape index (κ2) is 9.29. The molecule has 0 spiro atoms. The molecule has 0 radical (unpaired) electrons. The number of ether oxygens (including phenoxy) is 2. The Morgan fingerprint density at radius 3 is 2.76 bits per heavy atom. The van der Waals surface area contributed by atoms with Gasteiger partial charge in [0.05, 0.1) is 7.11 Å². The molecule has 0 aliphatic carbocycles. The topological polar surface area (TPSA) is 62.4 Å². The molecule has 0 bridgehead atoms. The first-order chi connectivity index (χ1) is 14.2. The third-order valence-corrected chi connectivity index (χ3v) is 5.65. The number of pyridine rings is 1. The Kier molecular flexibility index (Phi) is 6.32. The van der Waals surface area contributed by atoms with Gasteiger partial charge < -0.3 is 19.8 Å². The van der Waals surface area contributed by atoms with Crippen LogP contribution in [0.2, 0.25) is 0 Å². The lowest BCUT2D eigenvalue weighted by atomic mass is 9.93. The number of benzene rings is 1. The van der Waals surface area contributed by atoms with Crippen molar-refractivity contribution in [2.24, 2.45) is 0 Å². The van der Waals surface area contributed by atoms with Crippen LogP contribution in [0.5, 0.6) is 11.5 Å². The number of methoxy groups -OCH3 is 1. The highest BCUT2D eigenvalue weighted by Gasteiger charge is 2.23. The minimum Gasteiger partial charge on any atom is -0.497 e. The molecule has 1 aliphatic rings. The van der Waals surface area contributed by atoms with Gasteiger partial charge in [0.25, 0.3) is 0 Å². The number of nitrogens with zero attached hydrogens (tertiary/aromatic N) is 2. The van der Waals surface area contributed by atoms with Crippen molar-refractivity contribution in [3.8, 4) is 11.5 Å². The van der Waals surface area contributed by atoms with Crippen molar-refractivity contribution < 1.29 is 9.47 Å². The Hall–Kier alpha value is -2.57. The lowest BCUT2D eigenvalue weighted by molar-refractivity contribution is 0.232. The highest BCUT2D eigenvalue weighted by molar-refractivity contribution is 5.81. The fourth-order valence-corrected chi connectivity index (χ4v) is 4.05.